The van der Waals surface area contributed by atoms with E-state index < -0.39 is 6.04 Å². The Morgan fingerprint density at radius 1 is 1.07 bits per heavy atom. The van der Waals surface area contributed by atoms with Crippen molar-refractivity contribution in [2.75, 3.05) is 20.2 Å². The number of Topliss-reactive ketones (excluding diaryl/α,β-unsaturated/α-hetero) is 1. The van der Waals surface area contributed by atoms with Gasteiger partial charge in [0.2, 0.25) is 0 Å². The Morgan fingerprint density at radius 2 is 1.85 bits per heavy atom. The van der Waals surface area contributed by atoms with Crippen molar-refractivity contribution in [3.05, 3.63) is 101 Å². The van der Waals surface area contributed by atoms with Gasteiger partial charge in [0.25, 0.3) is 0 Å². The molecule has 0 radical (unpaired) electrons. The molecule has 1 fully saturated rings. The smallest absolute Gasteiger partial charge is 0.183 e. The minimum Gasteiger partial charge on any atom is -0.497 e. The van der Waals surface area contributed by atoms with E-state index in [1.165, 1.54) is 0 Å². The number of rotatable bonds is 6. The predicted molar refractivity (Wildman–Crippen MR) is 151 cm³/mol. The number of aromatic nitrogens is 2. The van der Waals surface area contributed by atoms with Gasteiger partial charge < -0.3 is 15.2 Å². The zero-order chi connectivity index (χ0) is 27.6. The van der Waals surface area contributed by atoms with Crippen LogP contribution in [0.15, 0.2) is 73.1 Å². The van der Waals surface area contributed by atoms with E-state index in [9.17, 15) is 9.90 Å². The quantitative estimate of drug-likeness (QED) is 0.356. The first kappa shape index (κ1) is 26.4. The van der Waals surface area contributed by atoms with E-state index in [2.05, 4.69) is 21.3 Å². The number of hydrogen-bond donors (Lipinski definition) is 2. The molecule has 1 aromatic heterocycles. The number of ketones is 1. The lowest BCUT2D eigenvalue weighted by molar-refractivity contribution is 0.0793. The van der Waals surface area contributed by atoms with Gasteiger partial charge in [-0.15, -0.1) is 0 Å². The Hall–Kier alpha value is -3.85. The molecule has 4 aromatic rings. The Labute approximate surface area is 233 Å². The summed E-state index contributed by atoms with van der Waals surface area (Å²) in [6.07, 6.45) is 3.12. The lowest BCUT2D eigenvalue weighted by Gasteiger charge is -2.30. The Kier molecular flexibility index (Phi) is 7.47. The van der Waals surface area contributed by atoms with Crippen LogP contribution >= 0.6 is 0 Å². The van der Waals surface area contributed by atoms with Crippen LogP contribution in [0.4, 0.5) is 4.39 Å². The number of ether oxygens (including phenoxy) is 1. The third-order valence-electron chi connectivity index (χ3n) is 8.02. The van der Waals surface area contributed by atoms with Gasteiger partial charge in [0.05, 0.1) is 18.9 Å². The molecule has 40 heavy (non-hydrogen) atoms. The highest BCUT2D eigenvalue weighted by molar-refractivity contribution is 5.97. The molecule has 3 heterocycles. The number of carbonyl (C=O) groups excluding carboxylic acids is 1. The molecule has 206 valence electrons. The molecule has 6 rings (SSSR count). The average Bonchev–Trinajstić information content (AvgIpc) is 3.34. The molecule has 0 spiro atoms. The number of imidazole rings is 1. The summed E-state index contributed by atoms with van der Waals surface area (Å²) < 4.78 is 22.7. The van der Waals surface area contributed by atoms with Crippen LogP contribution < -0.4 is 10.1 Å². The number of methoxy groups -OCH3 is 1. The largest absolute Gasteiger partial charge is 0.497 e. The zero-order valence-corrected chi connectivity index (χ0v) is 22.5. The number of benzene rings is 3. The standard InChI is InChI=1S/C32H33FN4O3/c1-40-25-9-7-23(8-10-25)37-20-35-30-18-34-29(17-31(39)32(30)37)27-11-6-21(16-28(27)33)26-5-3-2-4-22(26)19-36-14-12-24(38)13-15-36/h2-11,16,20,24,29,34,38H,12-15,17-19H2,1H3. The van der Waals surface area contributed by atoms with Gasteiger partial charge in [-0.1, -0.05) is 36.4 Å². The minimum atomic E-state index is -0.463. The van der Waals surface area contributed by atoms with Crippen LogP contribution in [0.3, 0.4) is 0 Å². The van der Waals surface area contributed by atoms with Crippen molar-refractivity contribution in [3.8, 4) is 22.6 Å². The second kappa shape index (κ2) is 11.3. The Bertz CT molecular complexity index is 1510. The van der Waals surface area contributed by atoms with Crippen LogP contribution in [0.2, 0.25) is 0 Å². The molecule has 0 amide bonds. The van der Waals surface area contributed by atoms with Gasteiger partial charge in [0, 0.05) is 49.9 Å². The molecule has 8 heteroatoms. The van der Waals surface area contributed by atoms with Gasteiger partial charge in [0.15, 0.2) is 5.78 Å². The first-order valence-electron chi connectivity index (χ1n) is 13.8. The molecule has 1 atom stereocenters. The predicted octanol–water partition coefficient (Wildman–Crippen LogP) is 5.06. The van der Waals surface area contributed by atoms with Gasteiger partial charge in [-0.2, -0.15) is 0 Å². The maximum Gasteiger partial charge on any atom is 0.183 e. The van der Waals surface area contributed by atoms with Crippen molar-refractivity contribution in [2.45, 2.75) is 44.5 Å². The Morgan fingerprint density at radius 3 is 2.60 bits per heavy atom. The molecule has 2 aliphatic rings. The number of aliphatic hydroxyl groups is 1. The number of likely N-dealkylation sites (tertiary alicyclic amines) is 1. The van der Waals surface area contributed by atoms with Gasteiger partial charge >= 0.3 is 0 Å². The second-order valence-electron chi connectivity index (χ2n) is 10.6. The van der Waals surface area contributed by atoms with Gasteiger partial charge in [0.1, 0.15) is 23.6 Å². The van der Waals surface area contributed by atoms with E-state index in [0.717, 1.165) is 60.6 Å². The molecule has 1 saturated heterocycles. The number of hydrogen-bond acceptors (Lipinski definition) is 6. The first-order valence-corrected chi connectivity index (χ1v) is 13.8. The average molecular weight is 541 g/mol. The highest BCUT2D eigenvalue weighted by Crippen LogP contribution is 2.32. The molecule has 0 saturated carbocycles. The summed E-state index contributed by atoms with van der Waals surface area (Å²) in [4.78, 5) is 20.3. The van der Waals surface area contributed by atoms with Gasteiger partial charge in [-0.3, -0.25) is 14.3 Å². The van der Waals surface area contributed by atoms with E-state index >= 15 is 4.39 Å². The maximum absolute atomic E-state index is 15.7. The number of carbonyl (C=O) groups is 1. The number of nitrogens with zero attached hydrogens (tertiary/aromatic N) is 3. The van der Waals surface area contributed by atoms with Crippen molar-refractivity contribution in [1.82, 2.24) is 19.8 Å². The zero-order valence-electron chi connectivity index (χ0n) is 22.5. The number of nitrogens with one attached hydrogen (secondary N) is 1. The summed E-state index contributed by atoms with van der Waals surface area (Å²) in [5, 5.41) is 13.2. The van der Waals surface area contributed by atoms with E-state index in [4.69, 9.17) is 4.74 Å². The number of piperidine rings is 1. The number of fused-ring (bicyclic) bond motifs is 1. The second-order valence-corrected chi connectivity index (χ2v) is 10.6. The fourth-order valence-corrected chi connectivity index (χ4v) is 5.78. The monoisotopic (exact) mass is 540 g/mol. The molecule has 1 unspecified atom stereocenters. The highest BCUT2D eigenvalue weighted by Gasteiger charge is 2.29. The van der Waals surface area contributed by atoms with E-state index in [1.54, 1.807) is 30.1 Å². The van der Waals surface area contributed by atoms with E-state index in [1.807, 2.05) is 48.5 Å². The highest BCUT2D eigenvalue weighted by atomic mass is 19.1. The molecule has 3 aromatic carbocycles. The lowest BCUT2D eigenvalue weighted by Crippen LogP contribution is -2.35. The maximum atomic E-state index is 15.7. The summed E-state index contributed by atoms with van der Waals surface area (Å²) >= 11 is 0. The van der Waals surface area contributed by atoms with Gasteiger partial charge in [-0.25, -0.2) is 9.37 Å². The van der Waals surface area contributed by atoms with Gasteiger partial charge in [-0.05, 0) is 59.9 Å². The molecule has 2 N–H and O–H groups in total. The van der Waals surface area contributed by atoms with Crippen molar-refractivity contribution in [3.63, 3.8) is 0 Å². The topological polar surface area (TPSA) is 79.6 Å². The summed E-state index contributed by atoms with van der Waals surface area (Å²) in [7, 11) is 1.61. The van der Waals surface area contributed by atoms with E-state index in [0.29, 0.717) is 23.5 Å². The first-order chi connectivity index (χ1) is 19.5. The summed E-state index contributed by atoms with van der Waals surface area (Å²) in [6.45, 7) is 2.82. The SMILES string of the molecule is COc1ccc(-n2cnc3c2C(=O)CC(c2ccc(-c4ccccc4CN4CCC(O)CC4)cc2F)NC3)cc1. The molecule has 7 nitrogen and oxygen atoms in total. The minimum absolute atomic E-state index is 0.0845. The lowest BCUT2D eigenvalue weighted by atomic mass is 9.94. The van der Waals surface area contributed by atoms with Crippen molar-refractivity contribution >= 4 is 5.78 Å². The molecule has 0 aliphatic carbocycles. The summed E-state index contributed by atoms with van der Waals surface area (Å²) in [5.74, 6) is 0.311. The number of aliphatic hydroxyl groups excluding tert-OH is 1. The third kappa shape index (κ3) is 5.30. The van der Waals surface area contributed by atoms with Crippen LogP contribution in [-0.2, 0) is 13.1 Å². The van der Waals surface area contributed by atoms with Crippen molar-refractivity contribution < 1.29 is 19.0 Å². The van der Waals surface area contributed by atoms with Crippen LogP contribution in [0.25, 0.3) is 16.8 Å². The number of halogens is 1. The molecule has 0 bridgehead atoms. The molecular formula is C32H33FN4O3. The van der Waals surface area contributed by atoms with Crippen LogP contribution in [0, 0.1) is 5.82 Å². The molecular weight excluding hydrogens is 507 g/mol. The Balaban J connectivity index is 1.22. The fourth-order valence-electron chi connectivity index (χ4n) is 5.78. The summed E-state index contributed by atoms with van der Waals surface area (Å²) in [6, 6.07) is 20.4. The summed E-state index contributed by atoms with van der Waals surface area (Å²) in [5.41, 5.74) is 5.40. The van der Waals surface area contributed by atoms with Crippen LogP contribution in [-0.4, -0.2) is 51.6 Å². The fraction of sp³-hybridized carbons (Fsp3) is 0.312. The van der Waals surface area contributed by atoms with E-state index in [-0.39, 0.29) is 24.1 Å². The van der Waals surface area contributed by atoms with Crippen molar-refractivity contribution in [2.24, 2.45) is 0 Å². The van der Waals surface area contributed by atoms with Crippen molar-refractivity contribution in [1.29, 1.82) is 0 Å². The normalized spacial score (nSPS) is 18.4. The molecule has 2 aliphatic heterocycles. The van der Waals surface area contributed by atoms with Crippen LogP contribution in [0.1, 0.15) is 52.6 Å². The van der Waals surface area contributed by atoms with Crippen LogP contribution in [0.5, 0.6) is 5.75 Å². The third-order valence-corrected chi connectivity index (χ3v) is 8.02.